The quantitative estimate of drug-likeness (QED) is 0.787. The number of esters is 1. The number of rotatable bonds is 7. The minimum absolute atomic E-state index is 0.0530. The van der Waals surface area contributed by atoms with Gasteiger partial charge in [0.05, 0.1) is 13.5 Å². The molecule has 2 aromatic carbocycles. The number of anilines is 1. The summed E-state index contributed by atoms with van der Waals surface area (Å²) in [6.07, 6.45) is 0.895. The summed E-state index contributed by atoms with van der Waals surface area (Å²) < 4.78 is 4.91. The second kappa shape index (κ2) is 8.87. The van der Waals surface area contributed by atoms with Gasteiger partial charge in [-0.1, -0.05) is 42.5 Å². The van der Waals surface area contributed by atoms with E-state index in [0.29, 0.717) is 12.8 Å². The van der Waals surface area contributed by atoms with Crippen LogP contribution in [0.1, 0.15) is 11.1 Å². The largest absolute Gasteiger partial charge is 0.467 e. The molecule has 0 spiro atoms. The summed E-state index contributed by atoms with van der Waals surface area (Å²) in [5.74, 6) is -0.257. The number of nitrogens with zero attached hydrogens (tertiary/aromatic N) is 1. The molecule has 0 heterocycles. The lowest BCUT2D eigenvalue weighted by Gasteiger charge is -2.18. The summed E-state index contributed by atoms with van der Waals surface area (Å²) in [4.78, 5) is 25.4. The van der Waals surface area contributed by atoms with Crippen molar-refractivity contribution in [3.8, 4) is 0 Å². The Hall–Kier alpha value is -2.82. The fourth-order valence-corrected chi connectivity index (χ4v) is 2.44. The number of carbonyl (C=O) groups excluding carboxylic acids is 2. The third kappa shape index (κ3) is 5.64. The minimum atomic E-state index is -0.471. The third-order valence-corrected chi connectivity index (χ3v) is 3.92. The first-order valence-corrected chi connectivity index (χ1v) is 8.17. The van der Waals surface area contributed by atoms with E-state index in [-0.39, 0.29) is 11.9 Å². The summed E-state index contributed by atoms with van der Waals surface area (Å²) in [5, 5.41) is 3.21. The average Bonchev–Trinajstić information content (AvgIpc) is 2.62. The van der Waals surface area contributed by atoms with E-state index in [2.05, 4.69) is 5.32 Å². The van der Waals surface area contributed by atoms with Crippen molar-refractivity contribution in [1.29, 1.82) is 0 Å². The van der Waals surface area contributed by atoms with Gasteiger partial charge in [-0.05, 0) is 23.3 Å². The van der Waals surface area contributed by atoms with Gasteiger partial charge in [-0.15, -0.1) is 0 Å². The van der Waals surface area contributed by atoms with E-state index in [4.69, 9.17) is 4.74 Å². The molecule has 1 N–H and O–H groups in total. The third-order valence-electron chi connectivity index (χ3n) is 3.92. The molecule has 0 saturated carbocycles. The standard InChI is InChI=1S/C20H24N2O3/c1-22(2)19(23)14-16-9-11-17(12-10-16)21-18(20(24)25-3)13-15-7-5-4-6-8-15/h4-12,18,21H,13-14H2,1-3H3/t18-/m1/s1. The summed E-state index contributed by atoms with van der Waals surface area (Å²) >= 11 is 0. The predicted molar refractivity (Wildman–Crippen MR) is 98.4 cm³/mol. The Morgan fingerprint density at radius 1 is 1.00 bits per heavy atom. The highest BCUT2D eigenvalue weighted by Gasteiger charge is 2.19. The highest BCUT2D eigenvalue weighted by atomic mass is 16.5. The Morgan fingerprint density at radius 3 is 2.20 bits per heavy atom. The van der Waals surface area contributed by atoms with Gasteiger partial charge in [-0.2, -0.15) is 0 Å². The molecule has 5 heteroatoms. The van der Waals surface area contributed by atoms with Crippen LogP contribution in [0.25, 0.3) is 0 Å². The lowest BCUT2D eigenvalue weighted by molar-refractivity contribution is -0.141. The monoisotopic (exact) mass is 340 g/mol. The molecule has 1 atom stereocenters. The molecule has 0 fully saturated rings. The molecule has 25 heavy (non-hydrogen) atoms. The maximum atomic E-state index is 12.1. The first-order chi connectivity index (χ1) is 12.0. The average molecular weight is 340 g/mol. The molecule has 0 aromatic heterocycles. The van der Waals surface area contributed by atoms with Crippen LogP contribution >= 0.6 is 0 Å². The predicted octanol–water partition coefficient (Wildman–Crippen LogP) is 2.51. The van der Waals surface area contributed by atoms with Crippen LogP contribution in [0.5, 0.6) is 0 Å². The van der Waals surface area contributed by atoms with Crippen molar-refractivity contribution < 1.29 is 14.3 Å². The van der Waals surface area contributed by atoms with Crippen LogP contribution in [0, 0.1) is 0 Å². The first-order valence-electron chi connectivity index (χ1n) is 8.17. The van der Waals surface area contributed by atoms with Gasteiger partial charge >= 0.3 is 5.97 Å². The van der Waals surface area contributed by atoms with E-state index in [1.54, 1.807) is 19.0 Å². The summed E-state index contributed by atoms with van der Waals surface area (Å²) in [7, 11) is 4.86. The van der Waals surface area contributed by atoms with Crippen molar-refractivity contribution >= 4 is 17.6 Å². The molecule has 132 valence electrons. The first kappa shape index (κ1) is 18.5. The van der Waals surface area contributed by atoms with E-state index >= 15 is 0 Å². The molecule has 2 aromatic rings. The smallest absolute Gasteiger partial charge is 0.328 e. The number of amides is 1. The Morgan fingerprint density at radius 2 is 1.64 bits per heavy atom. The zero-order valence-corrected chi connectivity index (χ0v) is 14.9. The number of hydrogen-bond acceptors (Lipinski definition) is 4. The van der Waals surface area contributed by atoms with Gasteiger partial charge in [0, 0.05) is 26.2 Å². The topological polar surface area (TPSA) is 58.6 Å². The van der Waals surface area contributed by atoms with Gasteiger partial charge in [0.15, 0.2) is 0 Å². The van der Waals surface area contributed by atoms with Crippen LogP contribution in [0.4, 0.5) is 5.69 Å². The molecule has 2 rings (SSSR count). The van der Waals surface area contributed by atoms with E-state index < -0.39 is 6.04 Å². The van der Waals surface area contributed by atoms with E-state index in [1.165, 1.54) is 7.11 Å². The van der Waals surface area contributed by atoms with Crippen molar-refractivity contribution in [3.05, 3.63) is 65.7 Å². The summed E-state index contributed by atoms with van der Waals surface area (Å²) in [5.41, 5.74) is 2.80. The van der Waals surface area contributed by atoms with Gasteiger partial charge in [0.1, 0.15) is 6.04 Å². The molecule has 0 radical (unpaired) electrons. The van der Waals surface area contributed by atoms with Crippen molar-refractivity contribution in [3.63, 3.8) is 0 Å². The lowest BCUT2D eigenvalue weighted by Crippen LogP contribution is -2.32. The summed E-state index contributed by atoms with van der Waals surface area (Å²) in [6.45, 7) is 0. The molecule has 5 nitrogen and oxygen atoms in total. The number of benzene rings is 2. The van der Waals surface area contributed by atoms with Crippen molar-refractivity contribution in [2.24, 2.45) is 0 Å². The second-order valence-electron chi connectivity index (χ2n) is 6.07. The van der Waals surface area contributed by atoms with E-state index in [9.17, 15) is 9.59 Å². The molecular weight excluding hydrogens is 316 g/mol. The molecular formula is C20H24N2O3. The minimum Gasteiger partial charge on any atom is -0.467 e. The van der Waals surface area contributed by atoms with Gasteiger partial charge in [-0.25, -0.2) is 4.79 Å². The van der Waals surface area contributed by atoms with Crippen LogP contribution in [0.15, 0.2) is 54.6 Å². The number of carbonyl (C=O) groups is 2. The molecule has 1 amide bonds. The number of likely N-dealkylation sites (N-methyl/N-ethyl adjacent to an activating group) is 1. The maximum Gasteiger partial charge on any atom is 0.328 e. The number of nitrogens with one attached hydrogen (secondary N) is 1. The Balaban J connectivity index is 2.05. The van der Waals surface area contributed by atoms with Crippen molar-refractivity contribution in [2.45, 2.75) is 18.9 Å². The van der Waals surface area contributed by atoms with Crippen LogP contribution in [0.2, 0.25) is 0 Å². The lowest BCUT2D eigenvalue weighted by atomic mass is 10.1. The molecule has 0 saturated heterocycles. The van der Waals surface area contributed by atoms with E-state index in [0.717, 1.165) is 16.8 Å². The van der Waals surface area contributed by atoms with Crippen molar-refractivity contribution in [1.82, 2.24) is 4.90 Å². The Kier molecular flexibility index (Phi) is 6.57. The number of methoxy groups -OCH3 is 1. The van der Waals surface area contributed by atoms with Crippen LogP contribution < -0.4 is 5.32 Å². The van der Waals surface area contributed by atoms with E-state index in [1.807, 2.05) is 54.6 Å². The highest BCUT2D eigenvalue weighted by molar-refractivity contribution is 5.80. The molecule has 0 aliphatic carbocycles. The number of ether oxygens (including phenoxy) is 1. The normalized spacial score (nSPS) is 11.5. The molecule has 0 bridgehead atoms. The Labute approximate surface area is 148 Å². The maximum absolute atomic E-state index is 12.1. The van der Waals surface area contributed by atoms with Gasteiger partial charge in [-0.3, -0.25) is 4.79 Å². The van der Waals surface area contributed by atoms with Crippen LogP contribution in [-0.4, -0.2) is 44.0 Å². The van der Waals surface area contributed by atoms with Crippen LogP contribution in [-0.2, 0) is 27.2 Å². The fourth-order valence-electron chi connectivity index (χ4n) is 2.44. The SMILES string of the molecule is COC(=O)[C@@H](Cc1ccccc1)Nc1ccc(CC(=O)N(C)C)cc1. The number of hydrogen-bond donors (Lipinski definition) is 1. The van der Waals surface area contributed by atoms with Gasteiger partial charge in [0.2, 0.25) is 5.91 Å². The van der Waals surface area contributed by atoms with Gasteiger partial charge < -0.3 is 15.0 Å². The second-order valence-corrected chi connectivity index (χ2v) is 6.07. The van der Waals surface area contributed by atoms with Gasteiger partial charge in [0.25, 0.3) is 0 Å². The zero-order valence-electron chi connectivity index (χ0n) is 14.9. The molecule has 0 unspecified atom stereocenters. The highest BCUT2D eigenvalue weighted by Crippen LogP contribution is 2.15. The van der Waals surface area contributed by atoms with Crippen molar-refractivity contribution in [2.75, 3.05) is 26.5 Å². The molecule has 0 aliphatic heterocycles. The Bertz CT molecular complexity index is 697. The fraction of sp³-hybridized carbons (Fsp3) is 0.300. The molecule has 0 aliphatic rings. The zero-order chi connectivity index (χ0) is 18.2. The van der Waals surface area contributed by atoms with Crippen LogP contribution in [0.3, 0.4) is 0 Å². The summed E-state index contributed by atoms with van der Waals surface area (Å²) in [6, 6.07) is 16.8.